The van der Waals surface area contributed by atoms with Crippen LogP contribution >= 0.6 is 0 Å². The number of rotatable bonds is 3. The average molecular weight is 506 g/mol. The maximum Gasteiger partial charge on any atom is 0.407 e. The van der Waals surface area contributed by atoms with Crippen LogP contribution in [-0.2, 0) is 14.2 Å². The van der Waals surface area contributed by atoms with Gasteiger partial charge in [-0.3, -0.25) is 0 Å². The summed E-state index contributed by atoms with van der Waals surface area (Å²) in [7, 11) is 1.52. The van der Waals surface area contributed by atoms with Crippen LogP contribution in [0.2, 0.25) is 0 Å². The number of allylic oxidation sites excluding steroid dienone is 1. The highest BCUT2D eigenvalue weighted by Gasteiger charge is 2.66. The van der Waals surface area contributed by atoms with Crippen LogP contribution in [0.3, 0.4) is 0 Å². The molecule has 0 radical (unpaired) electrons. The minimum Gasteiger partial charge on any atom is -0.446 e. The standard InChI is InChI=1S/C29H47NO6/c1-17(24-34-15-26(2,3)16-35-24)20-7-8-21-19-9-12-29(33)14-18(36-25(32)30-6)13-23(31)28(29,5)22(19)10-11-27(20,21)4/h9,12,17-24,31,33H,7-8,10-11,13-16H2,1-6H3,(H,30,32)/t17?,18?,19-,20+,21-,22-,23?,27+,28-,29?/m0/s1. The van der Waals surface area contributed by atoms with E-state index in [1.165, 1.54) is 7.05 Å². The number of ether oxygens (including phenoxy) is 3. The van der Waals surface area contributed by atoms with Gasteiger partial charge in [-0.1, -0.05) is 46.8 Å². The number of hydrogen-bond acceptors (Lipinski definition) is 6. The summed E-state index contributed by atoms with van der Waals surface area (Å²) >= 11 is 0. The number of hydrogen-bond donors (Lipinski definition) is 3. The Balaban J connectivity index is 1.36. The largest absolute Gasteiger partial charge is 0.446 e. The predicted molar refractivity (Wildman–Crippen MR) is 136 cm³/mol. The SMILES string of the molecule is CNC(=O)OC1CC(O)[C@]2(C)[C@H]3CC[C@]4(C)[C@@H](C(C)C5OCC(C)(C)CO5)CC[C@H]4[C@@H]3C=CC2(O)C1. The first kappa shape index (κ1) is 26.5. The van der Waals surface area contributed by atoms with Gasteiger partial charge in [-0.2, -0.15) is 0 Å². The smallest absolute Gasteiger partial charge is 0.407 e. The maximum absolute atomic E-state index is 11.9. The molecule has 5 aliphatic rings. The topological polar surface area (TPSA) is 97.3 Å². The summed E-state index contributed by atoms with van der Waals surface area (Å²) < 4.78 is 17.9. The van der Waals surface area contributed by atoms with Gasteiger partial charge in [0.25, 0.3) is 0 Å². The van der Waals surface area contributed by atoms with Gasteiger partial charge in [-0.25, -0.2) is 4.79 Å². The summed E-state index contributed by atoms with van der Waals surface area (Å²) in [6, 6.07) is 0. The molecule has 1 heterocycles. The second kappa shape index (κ2) is 8.96. The molecule has 0 aromatic heterocycles. The quantitative estimate of drug-likeness (QED) is 0.496. The molecule has 10 atom stereocenters. The van der Waals surface area contributed by atoms with Gasteiger partial charge in [0.2, 0.25) is 0 Å². The lowest BCUT2D eigenvalue weighted by atomic mass is 9.44. The fraction of sp³-hybridized carbons (Fsp3) is 0.897. The van der Waals surface area contributed by atoms with E-state index in [0.29, 0.717) is 36.5 Å². The van der Waals surface area contributed by atoms with E-state index >= 15 is 0 Å². The number of amides is 1. The van der Waals surface area contributed by atoms with Crippen LogP contribution in [0.1, 0.15) is 73.1 Å². The Labute approximate surface area is 216 Å². The molecule has 0 aromatic rings. The van der Waals surface area contributed by atoms with Crippen molar-refractivity contribution < 1.29 is 29.2 Å². The summed E-state index contributed by atoms with van der Waals surface area (Å²) in [4.78, 5) is 11.8. The number of carbonyl (C=O) groups excluding carboxylic acids is 1. The first-order chi connectivity index (χ1) is 16.8. The second-order valence-electron chi connectivity index (χ2n) is 13.8. The molecule has 5 rings (SSSR count). The minimum atomic E-state index is -1.19. The lowest BCUT2D eigenvalue weighted by Crippen LogP contribution is -2.66. The summed E-state index contributed by atoms with van der Waals surface area (Å²) in [5.74, 6) is 1.88. The normalized spacial score (nSPS) is 48.9. The monoisotopic (exact) mass is 505 g/mol. The van der Waals surface area contributed by atoms with E-state index < -0.39 is 29.3 Å². The Morgan fingerprint density at radius 1 is 1.11 bits per heavy atom. The lowest BCUT2D eigenvalue weighted by Gasteiger charge is -2.63. The number of alkyl carbamates (subject to hydrolysis) is 1. The summed E-state index contributed by atoms with van der Waals surface area (Å²) in [6.45, 7) is 12.7. The second-order valence-corrected chi connectivity index (χ2v) is 13.8. The molecule has 0 spiro atoms. The van der Waals surface area contributed by atoms with Crippen molar-refractivity contribution in [1.82, 2.24) is 5.32 Å². The number of carbonyl (C=O) groups is 1. The number of fused-ring (bicyclic) bond motifs is 5. The first-order valence-electron chi connectivity index (χ1n) is 14.1. The highest BCUT2D eigenvalue weighted by atomic mass is 16.7. The zero-order valence-corrected chi connectivity index (χ0v) is 23.0. The molecular weight excluding hydrogens is 458 g/mol. The van der Waals surface area contributed by atoms with Crippen LogP contribution in [-0.4, -0.2) is 60.7 Å². The highest BCUT2D eigenvalue weighted by molar-refractivity contribution is 5.66. The number of nitrogens with one attached hydrogen (secondary N) is 1. The van der Waals surface area contributed by atoms with Gasteiger partial charge in [0, 0.05) is 36.6 Å². The Bertz CT molecular complexity index is 881. The van der Waals surface area contributed by atoms with Gasteiger partial charge in [0.15, 0.2) is 6.29 Å². The van der Waals surface area contributed by atoms with Gasteiger partial charge in [0.1, 0.15) is 6.10 Å². The van der Waals surface area contributed by atoms with Crippen LogP contribution in [0.4, 0.5) is 4.79 Å². The molecular formula is C29H47NO6. The van der Waals surface area contributed by atoms with Crippen molar-refractivity contribution in [3.63, 3.8) is 0 Å². The zero-order valence-electron chi connectivity index (χ0n) is 23.0. The molecule has 204 valence electrons. The Morgan fingerprint density at radius 3 is 2.47 bits per heavy atom. The molecule has 0 bridgehead atoms. The molecule has 4 fully saturated rings. The fourth-order valence-electron chi connectivity index (χ4n) is 9.08. The summed E-state index contributed by atoms with van der Waals surface area (Å²) in [6.07, 6.45) is 7.32. The molecule has 0 aromatic carbocycles. The average Bonchev–Trinajstić information content (AvgIpc) is 3.17. The lowest BCUT2D eigenvalue weighted by molar-refractivity contribution is -0.254. The zero-order chi connectivity index (χ0) is 26.1. The van der Waals surface area contributed by atoms with E-state index in [1.807, 2.05) is 6.08 Å². The summed E-state index contributed by atoms with van der Waals surface area (Å²) in [5.41, 5.74) is -1.61. The first-order valence-corrected chi connectivity index (χ1v) is 14.1. The molecule has 1 amide bonds. The van der Waals surface area contributed by atoms with E-state index in [0.717, 1.165) is 38.9 Å². The molecule has 3 N–H and O–H groups in total. The van der Waals surface area contributed by atoms with Gasteiger partial charge in [-0.05, 0) is 54.8 Å². The van der Waals surface area contributed by atoms with Gasteiger partial charge in [0.05, 0.1) is 24.9 Å². The van der Waals surface area contributed by atoms with Crippen LogP contribution in [0, 0.1) is 45.8 Å². The predicted octanol–water partition coefficient (Wildman–Crippen LogP) is 4.27. The van der Waals surface area contributed by atoms with E-state index in [-0.39, 0.29) is 23.0 Å². The van der Waals surface area contributed by atoms with Crippen LogP contribution in [0.15, 0.2) is 12.2 Å². The highest BCUT2D eigenvalue weighted by Crippen LogP contribution is 2.67. The van der Waals surface area contributed by atoms with Crippen LogP contribution in [0.25, 0.3) is 0 Å². The van der Waals surface area contributed by atoms with Crippen molar-refractivity contribution in [3.8, 4) is 0 Å². The van der Waals surface area contributed by atoms with Crippen molar-refractivity contribution in [3.05, 3.63) is 12.2 Å². The molecule has 36 heavy (non-hydrogen) atoms. The van der Waals surface area contributed by atoms with E-state index in [1.54, 1.807) is 0 Å². The van der Waals surface area contributed by atoms with Crippen LogP contribution in [0.5, 0.6) is 0 Å². The van der Waals surface area contributed by atoms with Gasteiger partial charge in [-0.15, -0.1) is 0 Å². The number of aliphatic hydroxyl groups excluding tert-OH is 1. The van der Waals surface area contributed by atoms with E-state index in [4.69, 9.17) is 14.2 Å². The molecule has 4 unspecified atom stereocenters. The van der Waals surface area contributed by atoms with Crippen molar-refractivity contribution in [1.29, 1.82) is 0 Å². The maximum atomic E-state index is 11.9. The van der Waals surface area contributed by atoms with Crippen LogP contribution < -0.4 is 5.32 Å². The third kappa shape index (κ3) is 3.95. The number of aliphatic hydroxyl groups is 2. The molecule has 1 aliphatic heterocycles. The van der Waals surface area contributed by atoms with Crippen molar-refractivity contribution in [2.24, 2.45) is 45.8 Å². The Kier molecular flexibility index (Phi) is 6.58. The molecule has 7 nitrogen and oxygen atoms in total. The van der Waals surface area contributed by atoms with Gasteiger partial charge >= 0.3 is 6.09 Å². The molecule has 3 saturated carbocycles. The third-order valence-electron chi connectivity index (χ3n) is 11.2. The van der Waals surface area contributed by atoms with Crippen molar-refractivity contribution in [2.45, 2.75) is 97.2 Å². The third-order valence-corrected chi connectivity index (χ3v) is 11.2. The minimum absolute atomic E-state index is 0.0702. The van der Waals surface area contributed by atoms with E-state index in [9.17, 15) is 15.0 Å². The Hall–Kier alpha value is -1.15. The Morgan fingerprint density at radius 2 is 1.81 bits per heavy atom. The van der Waals surface area contributed by atoms with Gasteiger partial charge < -0.3 is 29.7 Å². The fourth-order valence-corrected chi connectivity index (χ4v) is 9.08. The summed E-state index contributed by atoms with van der Waals surface area (Å²) in [5, 5.41) is 25.8. The van der Waals surface area contributed by atoms with E-state index in [2.05, 4.69) is 46.0 Å². The van der Waals surface area contributed by atoms with Crippen molar-refractivity contribution in [2.75, 3.05) is 20.3 Å². The molecule has 7 heteroatoms. The molecule has 1 saturated heterocycles. The van der Waals surface area contributed by atoms with Crippen molar-refractivity contribution >= 4 is 6.09 Å². The molecule has 4 aliphatic carbocycles.